The molecule has 2 nitrogen and oxygen atoms in total. The summed E-state index contributed by atoms with van der Waals surface area (Å²) in [6, 6.07) is 10.7. The van der Waals surface area contributed by atoms with E-state index >= 15 is 0 Å². The van der Waals surface area contributed by atoms with Gasteiger partial charge in [0.2, 0.25) is 0 Å². The highest BCUT2D eigenvalue weighted by Crippen LogP contribution is 2.12. The van der Waals surface area contributed by atoms with Crippen LogP contribution < -0.4 is 0 Å². The number of quaternary nitrogens is 1. The fraction of sp³-hybridized carbons (Fsp3) is 0.778. The van der Waals surface area contributed by atoms with Crippen LogP contribution in [0, 0.1) is 0 Å². The van der Waals surface area contributed by atoms with Crippen LogP contribution in [0.15, 0.2) is 30.3 Å². The van der Waals surface area contributed by atoms with Gasteiger partial charge in [-0.3, -0.25) is 0 Å². The molecule has 0 heterocycles. The summed E-state index contributed by atoms with van der Waals surface area (Å²) in [6.07, 6.45) is 19.4. The van der Waals surface area contributed by atoms with E-state index in [0.29, 0.717) is 0 Å². The van der Waals surface area contributed by atoms with E-state index < -0.39 is 0 Å². The Balaban J connectivity index is 1.85. The van der Waals surface area contributed by atoms with Crippen LogP contribution in [-0.2, 0) is 11.2 Å². The Morgan fingerprint density at radius 3 is 1.76 bits per heavy atom. The van der Waals surface area contributed by atoms with Crippen molar-refractivity contribution in [2.75, 3.05) is 40.4 Å². The third-order valence-corrected chi connectivity index (χ3v) is 6.05. The monoisotopic (exact) mass is 404 g/mol. The van der Waals surface area contributed by atoms with Crippen LogP contribution >= 0.6 is 0 Å². The number of hydrogen-bond acceptors (Lipinski definition) is 1. The molecule has 1 aromatic carbocycles. The summed E-state index contributed by atoms with van der Waals surface area (Å²) in [5.74, 6) is 0. The quantitative estimate of drug-likeness (QED) is 0.162. The van der Waals surface area contributed by atoms with Gasteiger partial charge in [-0.15, -0.1) is 0 Å². The second-order valence-corrected chi connectivity index (χ2v) is 9.47. The minimum Gasteiger partial charge on any atom is -0.376 e. The fourth-order valence-corrected chi connectivity index (χ4v) is 3.93. The summed E-state index contributed by atoms with van der Waals surface area (Å²) >= 11 is 0. The number of nitrogens with zero attached hydrogens (tertiary/aromatic N) is 1. The lowest BCUT2D eigenvalue weighted by molar-refractivity contribution is -0.891. The number of aryl methyl sites for hydroxylation is 1. The van der Waals surface area contributed by atoms with Crippen LogP contribution in [-0.4, -0.2) is 44.9 Å². The molecule has 168 valence electrons. The first-order valence-electron chi connectivity index (χ1n) is 12.6. The highest BCUT2D eigenvalue weighted by atomic mass is 16.5. The molecule has 29 heavy (non-hydrogen) atoms. The van der Waals surface area contributed by atoms with Crippen molar-refractivity contribution in [1.29, 1.82) is 0 Å². The summed E-state index contributed by atoms with van der Waals surface area (Å²) in [6.45, 7) is 6.48. The normalized spacial score (nSPS) is 11.8. The van der Waals surface area contributed by atoms with Gasteiger partial charge in [0, 0.05) is 6.61 Å². The number of hydrogen-bond donors (Lipinski definition) is 0. The van der Waals surface area contributed by atoms with E-state index in [1.165, 1.54) is 89.2 Å². The highest BCUT2D eigenvalue weighted by Gasteiger charge is 2.13. The lowest BCUT2D eigenvalue weighted by Gasteiger charge is -2.29. The van der Waals surface area contributed by atoms with Gasteiger partial charge in [0.05, 0.1) is 27.2 Å². The zero-order valence-corrected chi connectivity index (χ0v) is 20.0. The molecule has 0 radical (unpaired) electrons. The van der Waals surface area contributed by atoms with Gasteiger partial charge in [-0.05, 0) is 31.2 Å². The smallest absolute Gasteiger partial charge is 0.102 e. The SMILES string of the molecule is CCCCCCCCCCCCCC[N+](C)(C)CCOCCCc1ccccc1. The third-order valence-electron chi connectivity index (χ3n) is 6.05. The minimum absolute atomic E-state index is 0.882. The second kappa shape index (κ2) is 18.0. The lowest BCUT2D eigenvalue weighted by Crippen LogP contribution is -2.43. The van der Waals surface area contributed by atoms with E-state index in [1.54, 1.807) is 0 Å². The van der Waals surface area contributed by atoms with Gasteiger partial charge in [-0.2, -0.15) is 0 Å². The molecule has 0 atom stereocenters. The molecule has 1 rings (SSSR count). The number of benzene rings is 1. The van der Waals surface area contributed by atoms with Gasteiger partial charge in [-0.1, -0.05) is 101 Å². The predicted octanol–water partition coefficient (Wildman–Crippen LogP) is 7.41. The second-order valence-electron chi connectivity index (χ2n) is 9.47. The fourth-order valence-electron chi connectivity index (χ4n) is 3.93. The molecule has 0 N–H and O–H groups in total. The largest absolute Gasteiger partial charge is 0.376 e. The van der Waals surface area contributed by atoms with Gasteiger partial charge in [0.15, 0.2) is 0 Å². The van der Waals surface area contributed by atoms with Crippen molar-refractivity contribution < 1.29 is 9.22 Å². The van der Waals surface area contributed by atoms with Gasteiger partial charge < -0.3 is 9.22 Å². The molecule has 0 fully saturated rings. The predicted molar refractivity (Wildman–Crippen MR) is 129 cm³/mol. The van der Waals surface area contributed by atoms with Gasteiger partial charge in [0.25, 0.3) is 0 Å². The Bertz CT molecular complexity index is 457. The Morgan fingerprint density at radius 2 is 1.17 bits per heavy atom. The zero-order chi connectivity index (χ0) is 21.0. The molecule has 0 unspecified atom stereocenters. The summed E-state index contributed by atoms with van der Waals surface area (Å²) < 4.78 is 6.98. The Kier molecular flexibility index (Phi) is 16.2. The van der Waals surface area contributed by atoms with Crippen molar-refractivity contribution >= 4 is 0 Å². The van der Waals surface area contributed by atoms with E-state index in [9.17, 15) is 0 Å². The van der Waals surface area contributed by atoms with Crippen LogP contribution in [0.1, 0.15) is 96.0 Å². The van der Waals surface area contributed by atoms with Gasteiger partial charge >= 0.3 is 0 Å². The molecule has 0 aliphatic carbocycles. The third kappa shape index (κ3) is 16.6. The van der Waals surface area contributed by atoms with Crippen LogP contribution in [0.25, 0.3) is 0 Å². The maximum absolute atomic E-state index is 5.89. The molecule has 0 aromatic heterocycles. The zero-order valence-electron chi connectivity index (χ0n) is 20.0. The molecule has 0 aliphatic heterocycles. The Labute approximate surface area is 182 Å². The first kappa shape index (κ1) is 26.2. The average molecular weight is 405 g/mol. The molecule has 0 spiro atoms. The molecule has 1 aromatic rings. The van der Waals surface area contributed by atoms with E-state index in [1.807, 2.05) is 0 Å². The molecular weight excluding hydrogens is 354 g/mol. The van der Waals surface area contributed by atoms with Crippen LogP contribution in [0.4, 0.5) is 0 Å². The number of unbranched alkanes of at least 4 members (excludes halogenated alkanes) is 11. The Morgan fingerprint density at radius 1 is 0.621 bits per heavy atom. The van der Waals surface area contributed by atoms with E-state index in [-0.39, 0.29) is 0 Å². The topological polar surface area (TPSA) is 9.23 Å². The van der Waals surface area contributed by atoms with Crippen molar-refractivity contribution in [3.63, 3.8) is 0 Å². The lowest BCUT2D eigenvalue weighted by atomic mass is 10.1. The minimum atomic E-state index is 0.882. The molecular formula is C27H50NO+. The molecule has 0 aliphatic rings. The van der Waals surface area contributed by atoms with Gasteiger partial charge in [-0.25, -0.2) is 0 Å². The molecule has 0 saturated carbocycles. The van der Waals surface area contributed by atoms with Gasteiger partial charge in [0.1, 0.15) is 6.54 Å². The highest BCUT2D eigenvalue weighted by molar-refractivity contribution is 5.14. The molecule has 0 bridgehead atoms. The van der Waals surface area contributed by atoms with Crippen LogP contribution in [0.2, 0.25) is 0 Å². The van der Waals surface area contributed by atoms with E-state index in [4.69, 9.17) is 4.74 Å². The first-order valence-corrected chi connectivity index (χ1v) is 12.6. The Hall–Kier alpha value is -0.860. The number of ether oxygens (including phenoxy) is 1. The van der Waals surface area contributed by atoms with Crippen molar-refractivity contribution in [3.8, 4) is 0 Å². The van der Waals surface area contributed by atoms with Crippen LogP contribution in [0.3, 0.4) is 0 Å². The summed E-state index contributed by atoms with van der Waals surface area (Å²) in [5, 5.41) is 0. The summed E-state index contributed by atoms with van der Waals surface area (Å²) in [7, 11) is 4.71. The van der Waals surface area contributed by atoms with Crippen molar-refractivity contribution in [1.82, 2.24) is 0 Å². The first-order chi connectivity index (χ1) is 14.1. The van der Waals surface area contributed by atoms with Crippen LogP contribution in [0.5, 0.6) is 0 Å². The maximum Gasteiger partial charge on any atom is 0.102 e. The number of rotatable bonds is 20. The summed E-state index contributed by atoms with van der Waals surface area (Å²) in [4.78, 5) is 0. The number of likely N-dealkylation sites (N-methyl/N-ethyl adjacent to an activating group) is 1. The maximum atomic E-state index is 5.89. The summed E-state index contributed by atoms with van der Waals surface area (Å²) in [5.41, 5.74) is 1.42. The molecule has 2 heteroatoms. The standard InChI is InChI=1S/C27H50NO/c1-4-5-6-7-8-9-10-11-12-13-14-18-23-28(2,3)24-26-29-25-19-22-27-20-16-15-17-21-27/h15-17,20-21H,4-14,18-19,22-26H2,1-3H3/q+1. The average Bonchev–Trinajstić information content (AvgIpc) is 2.72. The molecule has 0 amide bonds. The van der Waals surface area contributed by atoms with Crippen molar-refractivity contribution in [2.24, 2.45) is 0 Å². The van der Waals surface area contributed by atoms with Crippen molar-refractivity contribution in [3.05, 3.63) is 35.9 Å². The van der Waals surface area contributed by atoms with E-state index in [2.05, 4.69) is 51.4 Å². The van der Waals surface area contributed by atoms with E-state index in [0.717, 1.165) is 37.1 Å². The van der Waals surface area contributed by atoms with Crippen molar-refractivity contribution in [2.45, 2.75) is 96.8 Å². The molecule has 0 saturated heterocycles.